The summed E-state index contributed by atoms with van der Waals surface area (Å²) < 4.78 is 4.09. The first kappa shape index (κ1) is 13.3. The molecule has 0 unspecified atom stereocenters. The van der Waals surface area contributed by atoms with Crippen molar-refractivity contribution in [1.29, 1.82) is 0 Å². The van der Waals surface area contributed by atoms with Crippen molar-refractivity contribution >= 4 is 46.3 Å². The summed E-state index contributed by atoms with van der Waals surface area (Å²) in [4.78, 5) is 14.3. The van der Waals surface area contributed by atoms with Crippen LogP contribution >= 0.6 is 34.7 Å². The van der Waals surface area contributed by atoms with E-state index in [1.165, 1.54) is 16.4 Å². The van der Waals surface area contributed by atoms with Crippen molar-refractivity contribution in [3.63, 3.8) is 0 Å². The van der Waals surface area contributed by atoms with Crippen molar-refractivity contribution in [2.45, 2.75) is 6.92 Å². The molecule has 94 valence electrons. The third-order valence-electron chi connectivity index (χ3n) is 2.43. The van der Waals surface area contributed by atoms with E-state index in [4.69, 9.17) is 23.2 Å². The van der Waals surface area contributed by atoms with Gasteiger partial charge in [0.05, 0.1) is 15.7 Å². The van der Waals surface area contributed by atoms with Gasteiger partial charge in [-0.25, -0.2) is 0 Å². The Kier molecular flexibility index (Phi) is 3.90. The molecule has 0 radical (unpaired) electrons. The summed E-state index contributed by atoms with van der Waals surface area (Å²) in [6, 6.07) is 6.84. The molecular formula is C12H10Cl2N2OS. The van der Waals surface area contributed by atoms with Crippen molar-refractivity contribution in [3.05, 3.63) is 44.9 Å². The second-order valence-electron chi connectivity index (χ2n) is 3.80. The summed E-state index contributed by atoms with van der Waals surface area (Å²) in [5, 5.41) is 0.893. The minimum absolute atomic E-state index is 0.112. The Morgan fingerprint density at radius 1 is 1.28 bits per heavy atom. The van der Waals surface area contributed by atoms with Crippen LogP contribution in [0.25, 0.3) is 0 Å². The monoisotopic (exact) mass is 300 g/mol. The van der Waals surface area contributed by atoms with Gasteiger partial charge in [0.15, 0.2) is 0 Å². The van der Waals surface area contributed by atoms with Crippen LogP contribution in [0.15, 0.2) is 24.3 Å². The molecular weight excluding hydrogens is 291 g/mol. The van der Waals surface area contributed by atoms with Crippen LogP contribution in [0.3, 0.4) is 0 Å². The molecule has 0 N–H and O–H groups in total. The normalized spacial score (nSPS) is 10.4. The van der Waals surface area contributed by atoms with E-state index in [-0.39, 0.29) is 5.91 Å². The number of aryl methyl sites for hydroxylation is 1. The number of hydrogen-bond donors (Lipinski definition) is 0. The van der Waals surface area contributed by atoms with Crippen molar-refractivity contribution in [2.75, 3.05) is 11.9 Å². The molecule has 0 spiro atoms. The maximum Gasteiger partial charge on any atom is 0.269 e. The first-order valence-corrected chi connectivity index (χ1v) is 6.68. The number of hydrogen-bond acceptors (Lipinski definition) is 3. The molecule has 2 rings (SSSR count). The largest absolute Gasteiger partial charge is 0.311 e. The van der Waals surface area contributed by atoms with Crippen LogP contribution in [0.1, 0.15) is 15.4 Å². The molecule has 2 aromatic rings. The second kappa shape index (κ2) is 5.26. The first-order valence-electron chi connectivity index (χ1n) is 5.15. The molecule has 0 saturated heterocycles. The van der Waals surface area contributed by atoms with Gasteiger partial charge in [0.25, 0.3) is 5.91 Å². The lowest BCUT2D eigenvalue weighted by Gasteiger charge is -2.16. The summed E-state index contributed by atoms with van der Waals surface area (Å²) in [5.74, 6) is -0.112. The number of nitrogens with zero attached hydrogens (tertiary/aromatic N) is 2. The molecule has 1 amide bonds. The zero-order valence-electron chi connectivity index (χ0n) is 9.78. The molecule has 0 saturated carbocycles. The molecule has 0 atom stereocenters. The molecule has 0 bridgehead atoms. The van der Waals surface area contributed by atoms with Gasteiger partial charge in [0.2, 0.25) is 0 Å². The maximum absolute atomic E-state index is 12.2. The summed E-state index contributed by atoms with van der Waals surface area (Å²) >= 11 is 13.0. The summed E-state index contributed by atoms with van der Waals surface area (Å²) in [5.41, 5.74) is 1.53. The fraction of sp³-hybridized carbons (Fsp3) is 0.167. The van der Waals surface area contributed by atoms with Gasteiger partial charge in [-0.15, -0.1) is 0 Å². The predicted molar refractivity (Wildman–Crippen MR) is 76.0 cm³/mol. The zero-order valence-corrected chi connectivity index (χ0v) is 12.1. The number of halogens is 2. The second-order valence-corrected chi connectivity index (χ2v) is 5.41. The maximum atomic E-state index is 12.2. The van der Waals surface area contributed by atoms with Crippen LogP contribution in [0.4, 0.5) is 5.69 Å². The highest BCUT2D eigenvalue weighted by molar-refractivity contribution is 7.08. The number of rotatable bonds is 2. The van der Waals surface area contributed by atoms with E-state index < -0.39 is 0 Å². The van der Waals surface area contributed by atoms with Gasteiger partial charge in [-0.1, -0.05) is 23.2 Å². The Morgan fingerprint density at radius 3 is 2.56 bits per heavy atom. The standard InChI is InChI=1S/C12H10Cl2N2OS/c1-7-5-11(18-15-7)12(17)16(2)8-3-4-9(13)10(14)6-8/h3-6H,1-2H3. The average molecular weight is 301 g/mol. The number of carbonyl (C=O) groups is 1. The van der Waals surface area contributed by atoms with E-state index in [9.17, 15) is 4.79 Å². The molecule has 3 nitrogen and oxygen atoms in total. The molecule has 18 heavy (non-hydrogen) atoms. The minimum atomic E-state index is -0.112. The molecule has 6 heteroatoms. The number of benzene rings is 1. The van der Waals surface area contributed by atoms with Crippen molar-refractivity contribution in [3.8, 4) is 0 Å². The van der Waals surface area contributed by atoms with Crippen LogP contribution in [-0.4, -0.2) is 17.3 Å². The number of carbonyl (C=O) groups excluding carboxylic acids is 1. The van der Waals surface area contributed by atoms with Crippen LogP contribution in [-0.2, 0) is 0 Å². The van der Waals surface area contributed by atoms with Crippen molar-refractivity contribution in [1.82, 2.24) is 4.37 Å². The van der Waals surface area contributed by atoms with Gasteiger partial charge >= 0.3 is 0 Å². The lowest BCUT2D eigenvalue weighted by Crippen LogP contribution is -2.25. The minimum Gasteiger partial charge on any atom is -0.311 e. The van der Waals surface area contributed by atoms with Crippen LogP contribution in [0.2, 0.25) is 10.0 Å². The smallest absolute Gasteiger partial charge is 0.269 e. The summed E-state index contributed by atoms with van der Waals surface area (Å²) in [7, 11) is 1.69. The van der Waals surface area contributed by atoms with Gasteiger partial charge < -0.3 is 4.90 Å². The third-order valence-corrected chi connectivity index (χ3v) is 4.04. The Morgan fingerprint density at radius 2 is 2.00 bits per heavy atom. The fourth-order valence-electron chi connectivity index (χ4n) is 1.44. The highest BCUT2D eigenvalue weighted by Crippen LogP contribution is 2.27. The summed E-state index contributed by atoms with van der Waals surface area (Å²) in [6.45, 7) is 1.85. The topological polar surface area (TPSA) is 33.2 Å². The average Bonchev–Trinajstić information content (AvgIpc) is 2.77. The van der Waals surface area contributed by atoms with Gasteiger partial charge in [0.1, 0.15) is 4.88 Å². The molecule has 0 aliphatic carbocycles. The van der Waals surface area contributed by atoms with E-state index >= 15 is 0 Å². The molecule has 1 aromatic carbocycles. The molecule has 1 aromatic heterocycles. The van der Waals surface area contributed by atoms with Crippen molar-refractivity contribution in [2.24, 2.45) is 0 Å². The fourth-order valence-corrected chi connectivity index (χ4v) is 2.47. The predicted octanol–water partition coefficient (Wildman–Crippen LogP) is 4.03. The van der Waals surface area contributed by atoms with E-state index in [0.717, 1.165) is 5.69 Å². The zero-order chi connectivity index (χ0) is 13.3. The van der Waals surface area contributed by atoms with Crippen LogP contribution in [0.5, 0.6) is 0 Å². The third kappa shape index (κ3) is 2.66. The quantitative estimate of drug-likeness (QED) is 0.839. The Hall–Kier alpha value is -1.10. The van der Waals surface area contributed by atoms with Gasteiger partial charge in [-0.2, -0.15) is 4.37 Å². The first-order chi connectivity index (χ1) is 8.49. The van der Waals surface area contributed by atoms with E-state index in [0.29, 0.717) is 20.6 Å². The Balaban J connectivity index is 2.28. The lowest BCUT2D eigenvalue weighted by atomic mass is 10.3. The molecule has 0 aliphatic rings. The Labute approximate surface area is 119 Å². The van der Waals surface area contributed by atoms with Crippen LogP contribution in [0, 0.1) is 6.92 Å². The number of anilines is 1. The number of amides is 1. The highest BCUT2D eigenvalue weighted by atomic mass is 35.5. The summed E-state index contributed by atoms with van der Waals surface area (Å²) in [6.07, 6.45) is 0. The lowest BCUT2D eigenvalue weighted by molar-refractivity contribution is 0.0997. The molecule has 0 fully saturated rings. The van der Waals surface area contributed by atoms with E-state index in [2.05, 4.69) is 4.37 Å². The van der Waals surface area contributed by atoms with Crippen molar-refractivity contribution < 1.29 is 4.79 Å². The van der Waals surface area contributed by atoms with E-state index in [1.54, 1.807) is 31.3 Å². The van der Waals surface area contributed by atoms with Gasteiger partial charge in [-0.05, 0) is 42.7 Å². The van der Waals surface area contributed by atoms with Gasteiger partial charge in [-0.3, -0.25) is 4.79 Å². The van der Waals surface area contributed by atoms with Gasteiger partial charge in [0, 0.05) is 12.7 Å². The highest BCUT2D eigenvalue weighted by Gasteiger charge is 2.16. The SMILES string of the molecule is Cc1cc(C(=O)N(C)c2ccc(Cl)c(Cl)c2)sn1. The van der Waals surface area contributed by atoms with E-state index in [1.807, 2.05) is 6.92 Å². The Bertz CT molecular complexity index is 598. The van der Waals surface area contributed by atoms with Crippen LogP contribution < -0.4 is 4.90 Å². The molecule has 1 heterocycles. The molecule has 0 aliphatic heterocycles. The number of aromatic nitrogens is 1.